The van der Waals surface area contributed by atoms with Gasteiger partial charge in [0, 0.05) is 21.5 Å². The highest BCUT2D eigenvalue weighted by molar-refractivity contribution is 14.1. The van der Waals surface area contributed by atoms with Crippen LogP contribution in [-0.2, 0) is 10.3 Å². The minimum Gasteiger partial charge on any atom is -0.357 e. The molecule has 2 aliphatic rings. The van der Waals surface area contributed by atoms with Crippen molar-refractivity contribution in [1.29, 1.82) is 0 Å². The fourth-order valence-electron chi connectivity index (χ4n) is 4.32. The van der Waals surface area contributed by atoms with Gasteiger partial charge in [-0.3, -0.25) is 0 Å². The average Bonchev–Trinajstić information content (AvgIpc) is 2.88. The molecule has 0 fully saturated rings. The second-order valence-electron chi connectivity index (χ2n) is 6.71. The van der Waals surface area contributed by atoms with E-state index in [1.165, 1.54) is 27.8 Å². The summed E-state index contributed by atoms with van der Waals surface area (Å²) >= 11 is 2.45. The van der Waals surface area contributed by atoms with Crippen LogP contribution in [0.5, 0.6) is 0 Å². The third kappa shape index (κ3) is 2.29. The third-order valence-corrected chi connectivity index (χ3v) is 6.24. The number of ether oxygens (including phenoxy) is 1. The number of nitrogens with two attached hydrogens (primary N) is 1. The average molecular weight is 431 g/mol. The monoisotopic (exact) mass is 431 g/mol. The fourth-order valence-corrected chi connectivity index (χ4v) is 5.11. The Morgan fingerprint density at radius 2 is 1.62 bits per heavy atom. The number of alkyl halides is 1. The topological polar surface area (TPSA) is 35.2 Å². The second-order valence-corrected chi connectivity index (χ2v) is 7.59. The van der Waals surface area contributed by atoms with E-state index in [2.05, 4.69) is 84.1 Å². The summed E-state index contributed by atoms with van der Waals surface area (Å²) < 4.78 is 7.81. The summed E-state index contributed by atoms with van der Waals surface area (Å²) in [4.78, 5) is 0. The standard InChI is InChI=1S/C21H22INO/c1-14-12-21(24-20(13-22)15(14)10-11-23)18-8-4-2-6-16(18)17-7-3-5-9-19(17)21/h2-9,12,15,20H,10-11,13,23H2,1H3. The Kier molecular flexibility index (Phi) is 4.27. The molecule has 3 heteroatoms. The molecule has 2 N–H and O–H groups in total. The van der Waals surface area contributed by atoms with Crippen LogP contribution in [0, 0.1) is 5.92 Å². The molecule has 0 bridgehead atoms. The van der Waals surface area contributed by atoms with Gasteiger partial charge >= 0.3 is 0 Å². The zero-order valence-corrected chi connectivity index (χ0v) is 16.0. The first kappa shape index (κ1) is 16.3. The Balaban J connectivity index is 1.94. The molecule has 1 aliphatic heterocycles. The lowest BCUT2D eigenvalue weighted by atomic mass is 9.80. The zero-order valence-electron chi connectivity index (χ0n) is 13.8. The molecule has 124 valence electrons. The Hall–Kier alpha value is -1.17. The van der Waals surface area contributed by atoms with Crippen LogP contribution in [0.15, 0.2) is 60.2 Å². The third-order valence-electron chi connectivity index (χ3n) is 5.38. The first-order chi connectivity index (χ1) is 11.7. The van der Waals surface area contributed by atoms with Crippen LogP contribution < -0.4 is 5.73 Å². The predicted octanol–water partition coefficient (Wildman–Crippen LogP) is 4.66. The van der Waals surface area contributed by atoms with Gasteiger partial charge < -0.3 is 10.5 Å². The Labute approximate surface area is 157 Å². The molecule has 1 heterocycles. The van der Waals surface area contributed by atoms with Gasteiger partial charge in [-0.15, -0.1) is 0 Å². The van der Waals surface area contributed by atoms with E-state index in [-0.39, 0.29) is 6.10 Å². The molecule has 0 radical (unpaired) electrons. The van der Waals surface area contributed by atoms with E-state index < -0.39 is 5.60 Å². The van der Waals surface area contributed by atoms with Crippen molar-refractivity contribution in [2.45, 2.75) is 25.0 Å². The van der Waals surface area contributed by atoms with Crippen molar-refractivity contribution in [3.8, 4) is 11.1 Å². The lowest BCUT2D eigenvalue weighted by Gasteiger charge is -2.42. The lowest BCUT2D eigenvalue weighted by Crippen LogP contribution is -2.42. The molecule has 0 aromatic heterocycles. The van der Waals surface area contributed by atoms with Gasteiger partial charge in [-0.25, -0.2) is 0 Å². The molecule has 0 saturated heterocycles. The Morgan fingerprint density at radius 1 is 1.04 bits per heavy atom. The van der Waals surface area contributed by atoms with Crippen molar-refractivity contribution < 1.29 is 4.74 Å². The quantitative estimate of drug-likeness (QED) is 0.436. The van der Waals surface area contributed by atoms with Crippen molar-refractivity contribution in [3.63, 3.8) is 0 Å². The summed E-state index contributed by atoms with van der Waals surface area (Å²) in [7, 11) is 0. The van der Waals surface area contributed by atoms with Gasteiger partial charge in [0.15, 0.2) is 0 Å². The fraction of sp³-hybridized carbons (Fsp3) is 0.333. The molecular formula is C21H22INO. The van der Waals surface area contributed by atoms with E-state index in [0.717, 1.165) is 10.8 Å². The van der Waals surface area contributed by atoms with Gasteiger partial charge in [0.05, 0.1) is 6.10 Å². The van der Waals surface area contributed by atoms with E-state index in [0.29, 0.717) is 12.5 Å². The highest BCUT2D eigenvalue weighted by atomic mass is 127. The minimum atomic E-state index is -0.446. The SMILES string of the molecule is CC1=CC2(OC(CI)C1CCN)c1ccccc1-c1ccccc12. The molecule has 0 amide bonds. The van der Waals surface area contributed by atoms with E-state index in [9.17, 15) is 0 Å². The summed E-state index contributed by atoms with van der Waals surface area (Å²) in [5.41, 5.74) is 11.9. The van der Waals surface area contributed by atoms with Gasteiger partial charge in [0.1, 0.15) is 5.60 Å². The number of rotatable bonds is 3. The number of hydrogen-bond donors (Lipinski definition) is 1. The summed E-state index contributed by atoms with van der Waals surface area (Å²) in [6.07, 6.45) is 3.52. The Bertz CT molecular complexity index is 752. The largest absolute Gasteiger partial charge is 0.357 e. The molecule has 4 rings (SSSR count). The van der Waals surface area contributed by atoms with Gasteiger partial charge in [-0.1, -0.05) is 76.7 Å². The number of halogens is 1. The first-order valence-electron chi connectivity index (χ1n) is 8.54. The van der Waals surface area contributed by atoms with Crippen LogP contribution in [0.1, 0.15) is 24.5 Å². The van der Waals surface area contributed by atoms with Crippen LogP contribution in [-0.4, -0.2) is 17.1 Å². The van der Waals surface area contributed by atoms with E-state index in [1.807, 2.05) is 0 Å². The normalized spacial score (nSPS) is 23.7. The molecule has 2 aromatic rings. The van der Waals surface area contributed by atoms with Crippen molar-refractivity contribution in [2.24, 2.45) is 11.7 Å². The van der Waals surface area contributed by atoms with Gasteiger partial charge in [-0.2, -0.15) is 0 Å². The molecule has 1 aliphatic carbocycles. The molecule has 2 atom stereocenters. The molecule has 2 nitrogen and oxygen atoms in total. The summed E-state index contributed by atoms with van der Waals surface area (Å²) in [6, 6.07) is 17.3. The molecule has 2 aromatic carbocycles. The zero-order chi connectivity index (χ0) is 16.7. The number of benzene rings is 2. The number of fused-ring (bicyclic) bond motifs is 5. The maximum Gasteiger partial charge on any atom is 0.138 e. The summed E-state index contributed by atoms with van der Waals surface area (Å²) in [5.74, 6) is 0.414. The summed E-state index contributed by atoms with van der Waals surface area (Å²) in [6.45, 7) is 2.94. The van der Waals surface area contributed by atoms with E-state index >= 15 is 0 Å². The van der Waals surface area contributed by atoms with E-state index in [4.69, 9.17) is 10.5 Å². The molecule has 0 saturated carbocycles. The molecular weight excluding hydrogens is 409 g/mol. The van der Waals surface area contributed by atoms with Crippen molar-refractivity contribution in [1.82, 2.24) is 0 Å². The second kappa shape index (κ2) is 6.28. The molecule has 24 heavy (non-hydrogen) atoms. The van der Waals surface area contributed by atoms with Crippen molar-refractivity contribution in [3.05, 3.63) is 71.3 Å². The van der Waals surface area contributed by atoms with Crippen LogP contribution in [0.4, 0.5) is 0 Å². The molecule has 1 spiro atoms. The van der Waals surface area contributed by atoms with Crippen LogP contribution in [0.3, 0.4) is 0 Å². The van der Waals surface area contributed by atoms with Crippen molar-refractivity contribution >= 4 is 22.6 Å². The predicted molar refractivity (Wildman–Crippen MR) is 107 cm³/mol. The molecule has 2 unspecified atom stereocenters. The Morgan fingerprint density at radius 3 is 2.17 bits per heavy atom. The van der Waals surface area contributed by atoms with Gasteiger partial charge in [0.25, 0.3) is 0 Å². The van der Waals surface area contributed by atoms with Crippen LogP contribution in [0.25, 0.3) is 11.1 Å². The van der Waals surface area contributed by atoms with Crippen molar-refractivity contribution in [2.75, 3.05) is 11.0 Å². The van der Waals surface area contributed by atoms with Crippen LogP contribution in [0.2, 0.25) is 0 Å². The smallest absolute Gasteiger partial charge is 0.138 e. The van der Waals surface area contributed by atoms with Gasteiger partial charge in [0.2, 0.25) is 0 Å². The highest BCUT2D eigenvalue weighted by Crippen LogP contribution is 2.54. The minimum absolute atomic E-state index is 0.193. The highest BCUT2D eigenvalue weighted by Gasteiger charge is 2.47. The maximum atomic E-state index is 6.83. The first-order valence-corrected chi connectivity index (χ1v) is 10.1. The van der Waals surface area contributed by atoms with E-state index in [1.54, 1.807) is 0 Å². The summed E-state index contributed by atoms with van der Waals surface area (Å²) in [5, 5.41) is 0. The maximum absolute atomic E-state index is 6.83. The van der Waals surface area contributed by atoms with Crippen LogP contribution >= 0.6 is 22.6 Å². The lowest BCUT2D eigenvalue weighted by molar-refractivity contribution is -0.0616. The van der Waals surface area contributed by atoms with Gasteiger partial charge in [-0.05, 0) is 37.1 Å². The number of hydrogen-bond acceptors (Lipinski definition) is 2.